The van der Waals surface area contributed by atoms with Gasteiger partial charge in [0, 0.05) is 17.6 Å². The van der Waals surface area contributed by atoms with Gasteiger partial charge in [-0.15, -0.1) is 4.40 Å². The van der Waals surface area contributed by atoms with E-state index in [0.717, 1.165) is 14.7 Å². The Morgan fingerprint density at radius 3 is 2.59 bits per heavy atom. The van der Waals surface area contributed by atoms with Crippen LogP contribution in [0.3, 0.4) is 0 Å². The van der Waals surface area contributed by atoms with Gasteiger partial charge >= 0.3 is 0 Å². The zero-order valence-electron chi connectivity index (χ0n) is 14.9. The molecule has 0 saturated carbocycles. The molecule has 0 fully saturated rings. The van der Waals surface area contributed by atoms with Crippen LogP contribution in [0.2, 0.25) is 0 Å². The van der Waals surface area contributed by atoms with Gasteiger partial charge in [-0.25, -0.2) is 0 Å². The molecule has 0 aliphatic carbocycles. The van der Waals surface area contributed by atoms with Crippen LogP contribution in [0.1, 0.15) is 6.92 Å². The number of benzene rings is 2. The summed E-state index contributed by atoms with van der Waals surface area (Å²) in [6, 6.07) is 12.0. The highest BCUT2D eigenvalue weighted by atomic mass is 79.9. The molecule has 1 aromatic heterocycles. The highest BCUT2D eigenvalue weighted by Crippen LogP contribution is 2.23. The summed E-state index contributed by atoms with van der Waals surface area (Å²) in [5.74, 6) is 0.590. The molecule has 0 N–H and O–H groups in total. The Hall–Kier alpha value is -1.68. The van der Waals surface area contributed by atoms with Crippen LogP contribution in [0.4, 0.5) is 0 Å². The summed E-state index contributed by atoms with van der Waals surface area (Å²) in [4.78, 5) is 0.539. The topological polar surface area (TPSA) is 69.9 Å². The van der Waals surface area contributed by atoms with Crippen LogP contribution in [-0.4, -0.2) is 33.3 Å². The lowest BCUT2D eigenvalue weighted by molar-refractivity contribution is 0.139. The number of sulfonamides is 1. The molecule has 144 valence electrons. The number of aromatic nitrogens is 1. The first-order valence-corrected chi connectivity index (χ1v) is 11.3. The minimum Gasteiger partial charge on any atom is -0.497 e. The Labute approximate surface area is 170 Å². The molecule has 0 aliphatic heterocycles. The summed E-state index contributed by atoms with van der Waals surface area (Å²) < 4.78 is 43.9. The number of ether oxygens (including phenoxy) is 2. The fraction of sp³-hybridized carbons (Fsp3) is 0.278. The third-order valence-electron chi connectivity index (χ3n) is 3.86. The van der Waals surface area contributed by atoms with Crippen LogP contribution in [-0.2, 0) is 21.3 Å². The van der Waals surface area contributed by atoms with E-state index in [1.165, 1.54) is 30.6 Å². The Morgan fingerprint density at radius 1 is 1.19 bits per heavy atom. The molecule has 0 aliphatic rings. The number of nitrogens with zero attached hydrogens (tertiary/aromatic N) is 2. The van der Waals surface area contributed by atoms with Gasteiger partial charge in [0.25, 0.3) is 10.0 Å². The van der Waals surface area contributed by atoms with Crippen molar-refractivity contribution in [2.24, 2.45) is 4.40 Å². The fourth-order valence-electron chi connectivity index (χ4n) is 2.54. The zero-order chi connectivity index (χ0) is 19.4. The Kier molecular flexibility index (Phi) is 6.36. The Morgan fingerprint density at radius 2 is 1.93 bits per heavy atom. The predicted molar refractivity (Wildman–Crippen MR) is 110 cm³/mol. The van der Waals surface area contributed by atoms with E-state index in [4.69, 9.17) is 9.47 Å². The maximum absolute atomic E-state index is 12.8. The first-order chi connectivity index (χ1) is 12.9. The smallest absolute Gasteiger partial charge is 0.285 e. The average Bonchev–Trinajstić information content (AvgIpc) is 2.97. The summed E-state index contributed by atoms with van der Waals surface area (Å²) in [5, 5.41) is 0. The fourth-order valence-corrected chi connectivity index (χ4v) is 5.35. The van der Waals surface area contributed by atoms with Crippen LogP contribution in [0.25, 0.3) is 10.2 Å². The van der Waals surface area contributed by atoms with Gasteiger partial charge < -0.3 is 14.0 Å². The summed E-state index contributed by atoms with van der Waals surface area (Å²) in [7, 11) is -2.31. The van der Waals surface area contributed by atoms with Crippen molar-refractivity contribution < 1.29 is 17.9 Å². The molecule has 27 heavy (non-hydrogen) atoms. The van der Waals surface area contributed by atoms with Gasteiger partial charge in [0.2, 0.25) is 4.80 Å². The quantitative estimate of drug-likeness (QED) is 0.492. The van der Waals surface area contributed by atoms with E-state index in [1.54, 1.807) is 12.1 Å². The van der Waals surface area contributed by atoms with Crippen LogP contribution in [0, 0.1) is 0 Å². The molecule has 0 saturated heterocycles. The predicted octanol–water partition coefficient (Wildman–Crippen LogP) is 3.80. The lowest BCUT2D eigenvalue weighted by Crippen LogP contribution is -2.19. The van der Waals surface area contributed by atoms with Crippen molar-refractivity contribution in [2.75, 3.05) is 20.3 Å². The van der Waals surface area contributed by atoms with E-state index in [-0.39, 0.29) is 4.90 Å². The molecule has 6 nitrogen and oxygen atoms in total. The zero-order valence-corrected chi connectivity index (χ0v) is 18.1. The van der Waals surface area contributed by atoms with E-state index < -0.39 is 10.0 Å². The SMILES string of the molecule is CCOCCn1/c(=N/S(=O)(=O)c2ccc(OC)cc2)sc2cc(Br)ccc21. The van der Waals surface area contributed by atoms with Crippen molar-refractivity contribution in [1.82, 2.24) is 4.57 Å². The maximum Gasteiger partial charge on any atom is 0.285 e. The Balaban J connectivity index is 2.11. The van der Waals surface area contributed by atoms with Gasteiger partial charge in [-0.3, -0.25) is 0 Å². The number of methoxy groups -OCH3 is 1. The molecule has 0 bridgehead atoms. The number of halogens is 1. The summed E-state index contributed by atoms with van der Waals surface area (Å²) in [6.45, 7) is 3.53. The van der Waals surface area contributed by atoms with Gasteiger partial charge in [-0.05, 0) is 49.4 Å². The van der Waals surface area contributed by atoms with Crippen LogP contribution in [0.5, 0.6) is 5.75 Å². The van der Waals surface area contributed by atoms with Gasteiger partial charge in [0.05, 0.1) is 28.8 Å². The van der Waals surface area contributed by atoms with Gasteiger partial charge in [-0.1, -0.05) is 27.3 Å². The highest BCUT2D eigenvalue weighted by molar-refractivity contribution is 9.10. The summed E-state index contributed by atoms with van der Waals surface area (Å²) in [6.07, 6.45) is 0. The van der Waals surface area contributed by atoms with Crippen LogP contribution >= 0.6 is 27.3 Å². The third-order valence-corrected chi connectivity index (χ3v) is 6.79. The number of thiazole rings is 1. The number of hydrogen-bond donors (Lipinski definition) is 0. The number of fused-ring (bicyclic) bond motifs is 1. The van der Waals surface area contributed by atoms with Crippen molar-refractivity contribution in [2.45, 2.75) is 18.4 Å². The minimum atomic E-state index is -3.84. The Bertz CT molecular complexity index is 1100. The van der Waals surface area contributed by atoms with Crippen molar-refractivity contribution in [3.05, 3.63) is 51.7 Å². The lowest BCUT2D eigenvalue weighted by atomic mass is 10.3. The van der Waals surface area contributed by atoms with E-state index in [9.17, 15) is 8.42 Å². The van der Waals surface area contributed by atoms with Crippen molar-refractivity contribution in [3.8, 4) is 5.75 Å². The van der Waals surface area contributed by atoms with Gasteiger partial charge in [0.1, 0.15) is 5.75 Å². The van der Waals surface area contributed by atoms with E-state index in [2.05, 4.69) is 20.3 Å². The largest absolute Gasteiger partial charge is 0.497 e. The summed E-state index contributed by atoms with van der Waals surface area (Å²) in [5.41, 5.74) is 0.923. The van der Waals surface area contributed by atoms with Gasteiger partial charge in [-0.2, -0.15) is 8.42 Å². The molecule has 3 rings (SSSR count). The highest BCUT2D eigenvalue weighted by Gasteiger charge is 2.15. The lowest BCUT2D eigenvalue weighted by Gasteiger charge is -2.06. The standard InChI is InChI=1S/C18H19BrN2O4S2/c1-3-25-11-10-21-16-9-4-13(19)12-17(16)26-18(21)20-27(22,23)15-7-5-14(24-2)6-8-15/h4-9,12H,3,10-11H2,1-2H3/b20-18-. The first-order valence-electron chi connectivity index (χ1n) is 8.26. The molecular weight excluding hydrogens is 452 g/mol. The second-order valence-electron chi connectivity index (χ2n) is 5.59. The first kappa shape index (κ1) is 20.1. The van der Waals surface area contributed by atoms with Crippen LogP contribution in [0.15, 0.2) is 56.2 Å². The molecule has 3 aromatic rings. The molecule has 1 heterocycles. The molecule has 0 radical (unpaired) electrons. The van der Waals surface area contributed by atoms with E-state index >= 15 is 0 Å². The van der Waals surface area contributed by atoms with Crippen LogP contribution < -0.4 is 9.54 Å². The summed E-state index contributed by atoms with van der Waals surface area (Å²) >= 11 is 4.79. The van der Waals surface area contributed by atoms with Gasteiger partial charge in [0.15, 0.2) is 0 Å². The molecule has 0 unspecified atom stereocenters. The van der Waals surface area contributed by atoms with Crippen molar-refractivity contribution >= 4 is 47.5 Å². The van der Waals surface area contributed by atoms with E-state index in [0.29, 0.717) is 30.3 Å². The average molecular weight is 471 g/mol. The van der Waals surface area contributed by atoms with E-state index in [1.807, 2.05) is 29.7 Å². The van der Waals surface area contributed by atoms with Crippen molar-refractivity contribution in [3.63, 3.8) is 0 Å². The normalized spacial score (nSPS) is 12.6. The van der Waals surface area contributed by atoms with Crippen molar-refractivity contribution in [1.29, 1.82) is 0 Å². The minimum absolute atomic E-state index is 0.123. The molecule has 9 heteroatoms. The third kappa shape index (κ3) is 4.60. The number of hydrogen-bond acceptors (Lipinski definition) is 5. The monoisotopic (exact) mass is 470 g/mol. The second kappa shape index (κ2) is 8.55. The molecule has 0 amide bonds. The second-order valence-corrected chi connectivity index (χ2v) is 9.12. The molecule has 0 spiro atoms. The molecule has 0 atom stereocenters. The molecular formula is C18H19BrN2O4S2. The maximum atomic E-state index is 12.8. The molecule has 2 aromatic carbocycles. The number of rotatable bonds is 7.